The maximum absolute atomic E-state index is 5.74. The number of hydrogen-bond donors (Lipinski definition) is 0. The van der Waals surface area contributed by atoms with Gasteiger partial charge >= 0.3 is 0 Å². The zero-order valence-electron chi connectivity index (χ0n) is 12.6. The van der Waals surface area contributed by atoms with Crippen LogP contribution in [0.4, 0.5) is 0 Å². The zero-order valence-corrected chi connectivity index (χ0v) is 12.6. The lowest BCUT2D eigenvalue weighted by Crippen LogP contribution is -2.19. The molecule has 0 N–H and O–H groups in total. The van der Waals surface area contributed by atoms with Crippen LogP contribution in [0.5, 0.6) is 11.6 Å². The summed E-state index contributed by atoms with van der Waals surface area (Å²) >= 11 is 0. The van der Waals surface area contributed by atoms with Gasteiger partial charge < -0.3 is 14.4 Å². The van der Waals surface area contributed by atoms with E-state index >= 15 is 0 Å². The first-order valence-corrected chi connectivity index (χ1v) is 6.89. The Balaban J connectivity index is 2.18. The minimum atomic E-state index is 0.115. The lowest BCUT2D eigenvalue weighted by molar-refractivity contribution is 0.236. The van der Waals surface area contributed by atoms with Crippen LogP contribution in [0, 0.1) is 0 Å². The first kappa shape index (κ1) is 14.6. The van der Waals surface area contributed by atoms with E-state index in [0.717, 1.165) is 23.1 Å². The highest BCUT2D eigenvalue weighted by molar-refractivity contribution is 5.87. The van der Waals surface area contributed by atoms with E-state index in [2.05, 4.69) is 9.88 Å². The third-order valence-corrected chi connectivity index (χ3v) is 2.85. The Bertz CT molecular complexity index is 567. The van der Waals surface area contributed by atoms with Crippen molar-refractivity contribution < 1.29 is 9.47 Å². The lowest BCUT2D eigenvalue weighted by atomic mass is 10.1. The number of ether oxygens (including phenoxy) is 2. The van der Waals surface area contributed by atoms with Gasteiger partial charge in [-0.1, -0.05) is 0 Å². The molecule has 20 heavy (non-hydrogen) atoms. The molecule has 0 aliphatic rings. The van der Waals surface area contributed by atoms with Crippen LogP contribution in [0.25, 0.3) is 10.8 Å². The molecule has 0 saturated heterocycles. The SMILES string of the molecule is CC(C)Oc1nccc2cc(OCCN(C)C)ccc12. The molecule has 0 radical (unpaired) electrons. The van der Waals surface area contributed by atoms with Gasteiger partial charge in [0, 0.05) is 18.1 Å². The number of hydrogen-bond acceptors (Lipinski definition) is 4. The molecule has 2 rings (SSSR count). The molecule has 1 aromatic carbocycles. The zero-order chi connectivity index (χ0) is 14.5. The van der Waals surface area contributed by atoms with Crippen LogP contribution in [-0.2, 0) is 0 Å². The fraction of sp³-hybridized carbons (Fsp3) is 0.438. The van der Waals surface area contributed by atoms with E-state index in [1.807, 2.05) is 52.2 Å². The summed E-state index contributed by atoms with van der Waals surface area (Å²) < 4.78 is 11.5. The van der Waals surface area contributed by atoms with E-state index in [0.29, 0.717) is 12.5 Å². The normalized spacial score (nSPS) is 11.3. The summed E-state index contributed by atoms with van der Waals surface area (Å²) in [5.41, 5.74) is 0. The predicted octanol–water partition coefficient (Wildman–Crippen LogP) is 2.96. The lowest BCUT2D eigenvalue weighted by Gasteiger charge is -2.13. The van der Waals surface area contributed by atoms with Crippen LogP contribution in [0.1, 0.15) is 13.8 Å². The fourth-order valence-electron chi connectivity index (χ4n) is 1.88. The van der Waals surface area contributed by atoms with Crippen LogP contribution >= 0.6 is 0 Å². The second-order valence-electron chi connectivity index (χ2n) is 5.32. The molecule has 0 aliphatic carbocycles. The summed E-state index contributed by atoms with van der Waals surface area (Å²) in [6.07, 6.45) is 1.88. The molecule has 0 amide bonds. The molecule has 0 spiro atoms. The van der Waals surface area contributed by atoms with Crippen LogP contribution in [0.15, 0.2) is 30.5 Å². The van der Waals surface area contributed by atoms with Gasteiger partial charge in [-0.3, -0.25) is 0 Å². The highest BCUT2D eigenvalue weighted by atomic mass is 16.5. The minimum Gasteiger partial charge on any atom is -0.492 e. The van der Waals surface area contributed by atoms with E-state index in [-0.39, 0.29) is 6.10 Å². The molecule has 0 fully saturated rings. The van der Waals surface area contributed by atoms with Gasteiger partial charge in [0.05, 0.1) is 6.10 Å². The molecule has 0 unspecified atom stereocenters. The van der Waals surface area contributed by atoms with Crippen molar-refractivity contribution >= 4 is 10.8 Å². The van der Waals surface area contributed by atoms with Crippen molar-refractivity contribution in [2.24, 2.45) is 0 Å². The average molecular weight is 274 g/mol. The number of rotatable bonds is 6. The van der Waals surface area contributed by atoms with Gasteiger partial charge in [-0.25, -0.2) is 4.98 Å². The Hall–Kier alpha value is -1.81. The Kier molecular flexibility index (Phi) is 4.79. The van der Waals surface area contributed by atoms with Crippen molar-refractivity contribution in [2.45, 2.75) is 20.0 Å². The van der Waals surface area contributed by atoms with Crippen LogP contribution < -0.4 is 9.47 Å². The van der Waals surface area contributed by atoms with Crippen LogP contribution in [0.2, 0.25) is 0 Å². The van der Waals surface area contributed by atoms with Gasteiger partial charge in [-0.2, -0.15) is 0 Å². The Morgan fingerprint density at radius 2 is 2.00 bits per heavy atom. The van der Waals surface area contributed by atoms with E-state index in [9.17, 15) is 0 Å². The first-order chi connectivity index (χ1) is 9.56. The molecule has 4 heteroatoms. The average Bonchev–Trinajstić information content (AvgIpc) is 2.37. The molecule has 0 aliphatic heterocycles. The summed E-state index contributed by atoms with van der Waals surface area (Å²) in [6.45, 7) is 5.58. The third kappa shape index (κ3) is 3.84. The topological polar surface area (TPSA) is 34.6 Å². The quantitative estimate of drug-likeness (QED) is 0.811. The molecule has 1 heterocycles. The summed E-state index contributed by atoms with van der Waals surface area (Å²) in [6, 6.07) is 7.97. The number of fused-ring (bicyclic) bond motifs is 1. The van der Waals surface area contributed by atoms with Gasteiger partial charge in [0.15, 0.2) is 0 Å². The maximum Gasteiger partial charge on any atom is 0.221 e. The highest BCUT2D eigenvalue weighted by Crippen LogP contribution is 2.27. The second kappa shape index (κ2) is 6.57. The number of likely N-dealkylation sites (N-methyl/N-ethyl adjacent to an activating group) is 1. The van der Waals surface area contributed by atoms with Crippen molar-refractivity contribution in [3.63, 3.8) is 0 Å². The molecule has 2 aromatic rings. The summed E-state index contributed by atoms with van der Waals surface area (Å²) in [4.78, 5) is 6.39. The van der Waals surface area contributed by atoms with Gasteiger partial charge in [0.25, 0.3) is 0 Å². The summed E-state index contributed by atoms with van der Waals surface area (Å²) in [5, 5.41) is 2.10. The van der Waals surface area contributed by atoms with Gasteiger partial charge in [0.1, 0.15) is 12.4 Å². The molecular weight excluding hydrogens is 252 g/mol. The van der Waals surface area contributed by atoms with E-state index < -0.39 is 0 Å². The molecule has 0 saturated carbocycles. The largest absolute Gasteiger partial charge is 0.492 e. The van der Waals surface area contributed by atoms with Gasteiger partial charge in [-0.05, 0) is 57.6 Å². The predicted molar refractivity (Wildman–Crippen MR) is 81.6 cm³/mol. The Morgan fingerprint density at radius 3 is 2.70 bits per heavy atom. The Morgan fingerprint density at radius 1 is 1.20 bits per heavy atom. The molecule has 4 nitrogen and oxygen atoms in total. The molecule has 0 bridgehead atoms. The van der Waals surface area contributed by atoms with E-state index in [1.165, 1.54) is 0 Å². The maximum atomic E-state index is 5.74. The smallest absolute Gasteiger partial charge is 0.221 e. The van der Waals surface area contributed by atoms with Crippen molar-refractivity contribution in [3.8, 4) is 11.6 Å². The summed E-state index contributed by atoms with van der Waals surface area (Å²) in [5.74, 6) is 1.55. The molecule has 0 atom stereocenters. The molecule has 1 aromatic heterocycles. The first-order valence-electron chi connectivity index (χ1n) is 6.89. The number of benzene rings is 1. The van der Waals surface area contributed by atoms with Crippen molar-refractivity contribution in [2.75, 3.05) is 27.2 Å². The van der Waals surface area contributed by atoms with Crippen LogP contribution in [-0.4, -0.2) is 43.2 Å². The summed E-state index contributed by atoms with van der Waals surface area (Å²) in [7, 11) is 4.07. The number of nitrogens with zero attached hydrogens (tertiary/aromatic N) is 2. The molecule has 108 valence electrons. The molecular formula is C16H22N2O2. The highest BCUT2D eigenvalue weighted by Gasteiger charge is 2.06. The number of aromatic nitrogens is 1. The van der Waals surface area contributed by atoms with E-state index in [1.54, 1.807) is 6.20 Å². The second-order valence-corrected chi connectivity index (χ2v) is 5.32. The Labute approximate surface area is 120 Å². The van der Waals surface area contributed by atoms with Gasteiger partial charge in [0.2, 0.25) is 5.88 Å². The van der Waals surface area contributed by atoms with Gasteiger partial charge in [-0.15, -0.1) is 0 Å². The standard InChI is InChI=1S/C16H22N2O2/c1-12(2)20-16-15-6-5-14(19-10-9-18(3)4)11-13(15)7-8-17-16/h5-8,11-12H,9-10H2,1-4H3. The number of pyridine rings is 1. The van der Waals surface area contributed by atoms with Crippen LogP contribution in [0.3, 0.4) is 0 Å². The van der Waals surface area contributed by atoms with Crippen molar-refractivity contribution in [1.82, 2.24) is 9.88 Å². The van der Waals surface area contributed by atoms with Crippen molar-refractivity contribution in [3.05, 3.63) is 30.5 Å². The monoisotopic (exact) mass is 274 g/mol. The third-order valence-electron chi connectivity index (χ3n) is 2.85. The fourth-order valence-corrected chi connectivity index (χ4v) is 1.88. The van der Waals surface area contributed by atoms with Crippen molar-refractivity contribution in [1.29, 1.82) is 0 Å². The minimum absolute atomic E-state index is 0.115. The van der Waals surface area contributed by atoms with E-state index in [4.69, 9.17) is 9.47 Å².